The van der Waals surface area contributed by atoms with E-state index >= 15 is 0 Å². The molecule has 1 fully saturated rings. The fraction of sp³-hybridized carbons (Fsp3) is 0.455. The molecule has 1 N–H and O–H groups in total. The number of aromatic nitrogens is 4. The predicted molar refractivity (Wildman–Crippen MR) is 62.2 cm³/mol. The Bertz CT molecular complexity index is 590. The number of hydrogen-bond acceptors (Lipinski definition) is 5. The highest BCUT2D eigenvalue weighted by molar-refractivity contribution is 5.95. The summed E-state index contributed by atoms with van der Waals surface area (Å²) in [5, 5.41) is 6.98. The molecule has 0 aromatic carbocycles. The normalized spacial score (nSPS) is 15.6. The topological polar surface area (TPSA) is 81.4 Å². The molecule has 94 valence electrons. The summed E-state index contributed by atoms with van der Waals surface area (Å²) in [5.74, 6) is 0.375. The third kappa shape index (κ3) is 1.72. The maximum atomic E-state index is 12.1. The Morgan fingerprint density at radius 1 is 1.56 bits per heavy atom. The first-order valence-corrected chi connectivity index (χ1v) is 5.86. The van der Waals surface area contributed by atoms with Crippen LogP contribution < -0.4 is 5.32 Å². The van der Waals surface area contributed by atoms with E-state index in [1.807, 2.05) is 6.92 Å². The van der Waals surface area contributed by atoms with E-state index in [1.54, 1.807) is 10.7 Å². The van der Waals surface area contributed by atoms with E-state index in [2.05, 4.69) is 20.4 Å². The largest absolute Gasteiger partial charge is 0.377 e. The average molecular weight is 247 g/mol. The minimum atomic E-state index is -0.134. The number of carbonyl (C=O) groups excluding carboxylic acids is 1. The van der Waals surface area contributed by atoms with Crippen LogP contribution in [0.5, 0.6) is 0 Å². The number of nitrogens with zero attached hydrogens (tertiary/aromatic N) is 4. The first kappa shape index (κ1) is 11.1. The van der Waals surface area contributed by atoms with Gasteiger partial charge in [-0.3, -0.25) is 4.79 Å². The smallest absolute Gasteiger partial charge is 0.255 e. The minimum Gasteiger partial charge on any atom is -0.377 e. The second kappa shape index (κ2) is 4.34. The van der Waals surface area contributed by atoms with Crippen molar-refractivity contribution >= 4 is 11.7 Å². The highest BCUT2D eigenvalue weighted by Crippen LogP contribution is 2.11. The molecule has 0 saturated carbocycles. The van der Waals surface area contributed by atoms with Gasteiger partial charge in [-0.2, -0.15) is 10.1 Å². The third-order valence-corrected chi connectivity index (χ3v) is 2.96. The lowest BCUT2D eigenvalue weighted by atomic mass is 10.1. The molecule has 3 rings (SSSR count). The van der Waals surface area contributed by atoms with E-state index in [1.165, 1.54) is 6.33 Å². The molecule has 0 bridgehead atoms. The molecule has 7 heteroatoms. The van der Waals surface area contributed by atoms with Crippen molar-refractivity contribution in [2.75, 3.05) is 13.2 Å². The van der Waals surface area contributed by atoms with Crippen LogP contribution in [0.1, 0.15) is 23.0 Å². The van der Waals surface area contributed by atoms with Crippen LogP contribution in [0.15, 0.2) is 12.5 Å². The monoisotopic (exact) mass is 247 g/mol. The van der Waals surface area contributed by atoms with Crippen molar-refractivity contribution in [1.82, 2.24) is 24.9 Å². The van der Waals surface area contributed by atoms with E-state index in [0.717, 1.165) is 5.69 Å². The number of aryl methyl sites for hydroxylation is 1. The fourth-order valence-corrected chi connectivity index (χ4v) is 1.94. The number of nitrogens with one attached hydrogen (secondary N) is 1. The Morgan fingerprint density at radius 2 is 2.39 bits per heavy atom. The molecular weight excluding hydrogens is 234 g/mol. The molecule has 3 heterocycles. The molecule has 2 aromatic heterocycles. The molecule has 2 aromatic rings. The first-order chi connectivity index (χ1) is 8.79. The summed E-state index contributed by atoms with van der Waals surface area (Å²) in [6.45, 7) is 3.12. The highest BCUT2D eigenvalue weighted by atomic mass is 16.5. The van der Waals surface area contributed by atoms with Gasteiger partial charge in [0.25, 0.3) is 11.7 Å². The Morgan fingerprint density at radius 3 is 3.06 bits per heavy atom. The Kier molecular flexibility index (Phi) is 2.67. The Labute approximate surface area is 103 Å². The molecule has 1 amide bonds. The molecule has 1 aliphatic rings. The second-order valence-corrected chi connectivity index (χ2v) is 4.15. The van der Waals surface area contributed by atoms with E-state index < -0.39 is 0 Å². The van der Waals surface area contributed by atoms with Crippen LogP contribution in [0.3, 0.4) is 0 Å². The summed E-state index contributed by atoms with van der Waals surface area (Å²) >= 11 is 0. The van der Waals surface area contributed by atoms with Crippen molar-refractivity contribution < 1.29 is 9.53 Å². The van der Waals surface area contributed by atoms with Crippen molar-refractivity contribution in [3.05, 3.63) is 23.8 Å². The first-order valence-electron chi connectivity index (χ1n) is 5.86. The van der Waals surface area contributed by atoms with Gasteiger partial charge in [0.2, 0.25) is 0 Å². The summed E-state index contributed by atoms with van der Waals surface area (Å²) in [7, 11) is 0. The van der Waals surface area contributed by atoms with Crippen LogP contribution in [0.2, 0.25) is 0 Å². The van der Waals surface area contributed by atoms with E-state index in [0.29, 0.717) is 31.0 Å². The standard InChI is InChI=1S/C11H13N5O2/c1-2-9-8(10(17)15-7-4-18-5-7)3-12-11-13-6-14-16(9)11/h3,6-7H,2,4-5H2,1H3,(H,15,17). The minimum absolute atomic E-state index is 0.105. The molecule has 0 atom stereocenters. The maximum absolute atomic E-state index is 12.1. The van der Waals surface area contributed by atoms with Crippen LogP contribution in [0, 0.1) is 0 Å². The summed E-state index contributed by atoms with van der Waals surface area (Å²) in [4.78, 5) is 20.2. The molecule has 1 saturated heterocycles. The van der Waals surface area contributed by atoms with Crippen molar-refractivity contribution in [3.8, 4) is 0 Å². The lowest BCUT2D eigenvalue weighted by Crippen LogP contribution is -2.48. The summed E-state index contributed by atoms with van der Waals surface area (Å²) < 4.78 is 6.63. The lowest BCUT2D eigenvalue weighted by molar-refractivity contribution is -0.00349. The molecule has 0 aliphatic carbocycles. The van der Waals surface area contributed by atoms with E-state index in [-0.39, 0.29) is 11.9 Å². The highest BCUT2D eigenvalue weighted by Gasteiger charge is 2.23. The van der Waals surface area contributed by atoms with E-state index in [4.69, 9.17) is 4.74 Å². The van der Waals surface area contributed by atoms with Crippen molar-refractivity contribution in [2.45, 2.75) is 19.4 Å². The van der Waals surface area contributed by atoms with Gasteiger partial charge in [0.05, 0.1) is 30.5 Å². The molecule has 18 heavy (non-hydrogen) atoms. The van der Waals surface area contributed by atoms with Gasteiger partial charge in [-0.25, -0.2) is 9.50 Å². The SMILES string of the molecule is CCc1c(C(=O)NC2COC2)cnc2ncnn12. The number of amides is 1. The van der Waals surface area contributed by atoms with Crippen molar-refractivity contribution in [2.24, 2.45) is 0 Å². The van der Waals surface area contributed by atoms with E-state index in [9.17, 15) is 4.79 Å². The van der Waals surface area contributed by atoms with Gasteiger partial charge in [-0.05, 0) is 6.42 Å². The van der Waals surface area contributed by atoms with Gasteiger partial charge in [0.1, 0.15) is 6.33 Å². The van der Waals surface area contributed by atoms with Gasteiger partial charge in [-0.15, -0.1) is 0 Å². The third-order valence-electron chi connectivity index (χ3n) is 2.96. The fourth-order valence-electron chi connectivity index (χ4n) is 1.94. The van der Waals surface area contributed by atoms with Crippen LogP contribution in [-0.4, -0.2) is 44.7 Å². The summed E-state index contributed by atoms with van der Waals surface area (Å²) in [5.41, 5.74) is 1.36. The number of ether oxygens (including phenoxy) is 1. The van der Waals surface area contributed by atoms with Gasteiger partial charge < -0.3 is 10.1 Å². The number of hydrogen-bond donors (Lipinski definition) is 1. The molecule has 0 unspecified atom stereocenters. The van der Waals surface area contributed by atoms with Crippen molar-refractivity contribution in [3.63, 3.8) is 0 Å². The number of carbonyl (C=O) groups is 1. The number of fused-ring (bicyclic) bond motifs is 1. The van der Waals surface area contributed by atoms with Gasteiger partial charge in [-0.1, -0.05) is 6.92 Å². The van der Waals surface area contributed by atoms with Crippen LogP contribution in [-0.2, 0) is 11.2 Å². The second-order valence-electron chi connectivity index (χ2n) is 4.15. The van der Waals surface area contributed by atoms with Gasteiger partial charge in [0.15, 0.2) is 0 Å². The zero-order chi connectivity index (χ0) is 12.5. The zero-order valence-electron chi connectivity index (χ0n) is 9.96. The summed E-state index contributed by atoms with van der Waals surface area (Å²) in [6.07, 6.45) is 3.67. The van der Waals surface area contributed by atoms with Crippen LogP contribution >= 0.6 is 0 Å². The molecule has 0 radical (unpaired) electrons. The maximum Gasteiger partial charge on any atom is 0.255 e. The van der Waals surface area contributed by atoms with Crippen molar-refractivity contribution in [1.29, 1.82) is 0 Å². The molecule has 7 nitrogen and oxygen atoms in total. The van der Waals surface area contributed by atoms with Gasteiger partial charge in [0, 0.05) is 6.20 Å². The Hall–Kier alpha value is -2.02. The predicted octanol–water partition coefficient (Wildman–Crippen LogP) is -0.185. The molecular formula is C11H13N5O2. The molecule has 1 aliphatic heterocycles. The lowest BCUT2D eigenvalue weighted by Gasteiger charge is -2.27. The van der Waals surface area contributed by atoms with Gasteiger partial charge >= 0.3 is 0 Å². The Balaban J connectivity index is 1.96. The average Bonchev–Trinajstić information content (AvgIpc) is 2.80. The quantitative estimate of drug-likeness (QED) is 0.813. The zero-order valence-corrected chi connectivity index (χ0v) is 9.96. The summed E-state index contributed by atoms with van der Waals surface area (Å²) in [6, 6.07) is 0.105. The van der Waals surface area contributed by atoms with Crippen LogP contribution in [0.4, 0.5) is 0 Å². The van der Waals surface area contributed by atoms with Crippen LogP contribution in [0.25, 0.3) is 5.78 Å². The number of rotatable bonds is 3. The molecule has 0 spiro atoms.